The van der Waals surface area contributed by atoms with Crippen molar-refractivity contribution < 1.29 is 19.5 Å². The molecule has 2 aliphatic heterocycles. The van der Waals surface area contributed by atoms with Gasteiger partial charge >= 0.3 is 5.97 Å². The lowest BCUT2D eigenvalue weighted by Crippen LogP contribution is -2.74. The molecule has 2 amide bonds. The second kappa shape index (κ2) is 7.53. The van der Waals surface area contributed by atoms with Crippen LogP contribution in [0.25, 0.3) is 0 Å². The van der Waals surface area contributed by atoms with E-state index in [2.05, 4.69) is 5.32 Å². The van der Waals surface area contributed by atoms with Crippen LogP contribution in [-0.4, -0.2) is 57.3 Å². The number of benzene rings is 1. The molecule has 2 aliphatic rings. The smallest absolute Gasteiger partial charge is 0.330 e. The molecule has 0 unspecified atom stereocenters. The zero-order chi connectivity index (χ0) is 18.0. The van der Waals surface area contributed by atoms with Gasteiger partial charge in [0.25, 0.3) is 0 Å². The topological polar surface area (TPSA) is 86.7 Å². The molecule has 0 bridgehead atoms. The van der Waals surface area contributed by atoms with Crippen LogP contribution < -0.4 is 5.32 Å². The van der Waals surface area contributed by atoms with Crippen molar-refractivity contribution in [1.82, 2.24) is 10.2 Å². The van der Waals surface area contributed by atoms with Crippen molar-refractivity contribution in [3.63, 3.8) is 0 Å². The van der Waals surface area contributed by atoms with E-state index in [4.69, 9.17) is 0 Å². The van der Waals surface area contributed by atoms with Crippen LogP contribution in [0, 0.1) is 0 Å². The Hall–Kier alpha value is -1.93. The Morgan fingerprint density at radius 2 is 2.04 bits per heavy atom. The van der Waals surface area contributed by atoms with Crippen molar-refractivity contribution >= 4 is 41.3 Å². The highest BCUT2D eigenvalue weighted by Crippen LogP contribution is 2.40. The van der Waals surface area contributed by atoms with Crippen LogP contribution in [0.15, 0.2) is 41.3 Å². The number of hydrogen-bond donors (Lipinski definition) is 2. The fourth-order valence-corrected chi connectivity index (χ4v) is 4.91. The third kappa shape index (κ3) is 3.55. The summed E-state index contributed by atoms with van der Waals surface area (Å²) in [6, 6.07) is 7.67. The van der Waals surface area contributed by atoms with Gasteiger partial charge in [-0.15, -0.1) is 11.8 Å². The summed E-state index contributed by atoms with van der Waals surface area (Å²) in [7, 11) is 0. The fraction of sp³-hybridized carbons (Fsp3) is 0.353. The number of amides is 2. The number of carbonyl (C=O) groups is 3. The van der Waals surface area contributed by atoms with E-state index in [0.717, 1.165) is 5.56 Å². The Morgan fingerprint density at radius 3 is 2.68 bits per heavy atom. The highest BCUT2D eigenvalue weighted by Gasteiger charge is 2.55. The van der Waals surface area contributed by atoms with E-state index >= 15 is 0 Å². The molecule has 1 aromatic rings. The SMILES string of the molecule is CSCC1=CS[C@H]2[C@H](NC(=O)Cc3ccccc3)C(=O)N2[C@H]1C(=O)O. The Bertz CT molecular complexity index is 723. The van der Waals surface area contributed by atoms with Gasteiger partial charge < -0.3 is 15.3 Å². The minimum Gasteiger partial charge on any atom is -0.479 e. The molecule has 6 nitrogen and oxygen atoms in total. The summed E-state index contributed by atoms with van der Waals surface area (Å²) in [6.07, 6.45) is 2.08. The fourth-order valence-electron chi connectivity index (χ4n) is 3.00. The number of hydrogen-bond acceptors (Lipinski definition) is 5. The lowest BCUT2D eigenvalue weighted by Gasteiger charge is -2.51. The molecule has 8 heteroatoms. The zero-order valence-corrected chi connectivity index (χ0v) is 15.2. The first-order valence-corrected chi connectivity index (χ1v) is 10.1. The Balaban J connectivity index is 1.67. The second-order valence-electron chi connectivity index (χ2n) is 5.85. The van der Waals surface area contributed by atoms with E-state index in [0.29, 0.717) is 11.3 Å². The van der Waals surface area contributed by atoms with E-state index in [1.807, 2.05) is 42.0 Å². The van der Waals surface area contributed by atoms with Gasteiger partial charge in [0.2, 0.25) is 11.8 Å². The molecule has 0 saturated carbocycles. The molecule has 3 atom stereocenters. The highest BCUT2D eigenvalue weighted by molar-refractivity contribution is 8.03. The highest BCUT2D eigenvalue weighted by atomic mass is 32.2. The van der Waals surface area contributed by atoms with Crippen molar-refractivity contribution in [3.8, 4) is 0 Å². The summed E-state index contributed by atoms with van der Waals surface area (Å²) >= 11 is 2.91. The van der Waals surface area contributed by atoms with Gasteiger partial charge in [-0.25, -0.2) is 4.79 Å². The number of nitrogens with one attached hydrogen (secondary N) is 1. The molecule has 0 aromatic heterocycles. The minimum atomic E-state index is -1.03. The number of carboxylic acid groups (broad SMARTS) is 1. The first-order valence-electron chi connectivity index (χ1n) is 7.74. The number of nitrogens with zero attached hydrogens (tertiary/aromatic N) is 1. The molecule has 3 rings (SSSR count). The van der Waals surface area contributed by atoms with E-state index in [-0.39, 0.29) is 23.6 Å². The molecule has 1 aromatic carbocycles. The summed E-state index contributed by atoms with van der Waals surface area (Å²) in [5.74, 6) is -1.05. The van der Waals surface area contributed by atoms with Crippen LogP contribution in [0.4, 0.5) is 0 Å². The average molecular weight is 378 g/mol. The van der Waals surface area contributed by atoms with Crippen molar-refractivity contribution in [2.75, 3.05) is 12.0 Å². The maximum atomic E-state index is 12.4. The predicted octanol–water partition coefficient (Wildman–Crippen LogP) is 1.33. The number of fused-ring (bicyclic) bond motifs is 1. The maximum absolute atomic E-state index is 12.4. The maximum Gasteiger partial charge on any atom is 0.330 e. The summed E-state index contributed by atoms with van der Waals surface area (Å²) in [5, 5.41) is 13.7. The summed E-state index contributed by atoms with van der Waals surface area (Å²) in [4.78, 5) is 37.6. The van der Waals surface area contributed by atoms with E-state index in [1.165, 1.54) is 28.4 Å². The average Bonchev–Trinajstić information content (AvgIpc) is 2.60. The number of β-lactam (4-membered cyclic amide) rings is 1. The van der Waals surface area contributed by atoms with Crippen LogP contribution in [0.2, 0.25) is 0 Å². The molecular weight excluding hydrogens is 360 g/mol. The Morgan fingerprint density at radius 1 is 1.32 bits per heavy atom. The van der Waals surface area contributed by atoms with Crippen LogP contribution in [0.5, 0.6) is 0 Å². The summed E-state index contributed by atoms with van der Waals surface area (Å²) in [6.45, 7) is 0. The number of thioether (sulfide) groups is 2. The molecule has 2 heterocycles. The van der Waals surface area contributed by atoms with Gasteiger partial charge in [-0.05, 0) is 22.8 Å². The molecule has 0 aliphatic carbocycles. The molecule has 0 radical (unpaired) electrons. The van der Waals surface area contributed by atoms with Crippen molar-refractivity contribution in [3.05, 3.63) is 46.9 Å². The second-order valence-corrected chi connectivity index (χ2v) is 7.70. The Labute approximate surface area is 154 Å². The van der Waals surface area contributed by atoms with Crippen molar-refractivity contribution in [2.24, 2.45) is 0 Å². The standard InChI is InChI=1S/C17H18N2O4S2/c1-24-8-11-9-25-16-13(15(21)19(16)14(11)17(22)23)18-12(20)7-10-5-3-2-4-6-10/h2-6,9,13-14,16H,7-8H2,1H3,(H,18,20)(H,22,23)/t13-,14-,16+/m1/s1. The number of carboxylic acids is 1. The van der Waals surface area contributed by atoms with Gasteiger partial charge in [0.15, 0.2) is 6.04 Å². The van der Waals surface area contributed by atoms with Crippen molar-refractivity contribution in [1.29, 1.82) is 0 Å². The van der Waals surface area contributed by atoms with E-state index in [9.17, 15) is 19.5 Å². The normalized spacial score (nSPS) is 24.8. The number of aliphatic carboxylic acids is 1. The molecule has 0 spiro atoms. The molecule has 1 saturated heterocycles. The van der Waals surface area contributed by atoms with Crippen molar-refractivity contribution in [2.45, 2.75) is 23.9 Å². The molecule has 25 heavy (non-hydrogen) atoms. The minimum absolute atomic E-state index is 0.192. The zero-order valence-electron chi connectivity index (χ0n) is 13.5. The molecular formula is C17H18N2O4S2. The molecule has 2 N–H and O–H groups in total. The first kappa shape index (κ1) is 17.9. The largest absolute Gasteiger partial charge is 0.479 e. The van der Waals surface area contributed by atoms with Crippen LogP contribution in [0.1, 0.15) is 5.56 Å². The van der Waals surface area contributed by atoms with Gasteiger partial charge in [0.05, 0.1) is 6.42 Å². The van der Waals surface area contributed by atoms with Crippen LogP contribution >= 0.6 is 23.5 Å². The van der Waals surface area contributed by atoms with Gasteiger partial charge in [-0.2, -0.15) is 11.8 Å². The van der Waals surface area contributed by atoms with E-state index in [1.54, 1.807) is 0 Å². The van der Waals surface area contributed by atoms with Gasteiger partial charge in [-0.1, -0.05) is 30.3 Å². The van der Waals surface area contributed by atoms with Gasteiger partial charge in [0.1, 0.15) is 11.4 Å². The van der Waals surface area contributed by atoms with Gasteiger partial charge in [-0.3, -0.25) is 9.59 Å². The predicted molar refractivity (Wildman–Crippen MR) is 98.2 cm³/mol. The Kier molecular flexibility index (Phi) is 5.39. The first-order chi connectivity index (χ1) is 12.0. The lowest BCUT2D eigenvalue weighted by molar-refractivity contribution is -0.160. The van der Waals surface area contributed by atoms with Crippen LogP contribution in [0.3, 0.4) is 0 Å². The summed E-state index contributed by atoms with van der Waals surface area (Å²) < 4.78 is 0. The number of rotatable bonds is 6. The quantitative estimate of drug-likeness (QED) is 0.727. The third-order valence-electron chi connectivity index (χ3n) is 4.14. The molecule has 132 valence electrons. The van der Waals surface area contributed by atoms with Crippen LogP contribution in [-0.2, 0) is 20.8 Å². The summed E-state index contributed by atoms with van der Waals surface area (Å²) in [5.41, 5.74) is 1.58. The molecule has 1 fully saturated rings. The third-order valence-corrected chi connectivity index (χ3v) is 5.98. The monoisotopic (exact) mass is 378 g/mol. The number of carbonyl (C=O) groups excluding carboxylic acids is 2. The van der Waals surface area contributed by atoms with E-state index < -0.39 is 18.1 Å². The van der Waals surface area contributed by atoms with Gasteiger partial charge in [0, 0.05) is 5.75 Å². The lowest BCUT2D eigenvalue weighted by atomic mass is 9.98.